The molecule has 2 N–H and O–H groups in total. The number of carboxylic acid groups (broad SMARTS) is 1. The van der Waals surface area contributed by atoms with Gasteiger partial charge in [0, 0.05) is 0 Å². The molecule has 1 amide bonds. The number of ether oxygens (including phenoxy) is 3. The summed E-state index contributed by atoms with van der Waals surface area (Å²) in [6.07, 6.45) is -2.19. The average Bonchev–Trinajstić information content (AvgIpc) is 2.55. The second-order valence-corrected chi connectivity index (χ2v) is 5.21. The monoisotopic (exact) mass is 339 g/mol. The molecule has 132 valence electrons. The van der Waals surface area contributed by atoms with E-state index in [9.17, 15) is 14.4 Å². The molecule has 0 spiro atoms. The van der Waals surface area contributed by atoms with Crippen molar-refractivity contribution in [2.75, 3.05) is 13.2 Å². The van der Waals surface area contributed by atoms with Gasteiger partial charge in [0.25, 0.3) is 0 Å². The molecule has 0 heterocycles. The van der Waals surface area contributed by atoms with Crippen molar-refractivity contribution in [3.05, 3.63) is 35.9 Å². The number of hydrogen-bond donors (Lipinski definition) is 2. The van der Waals surface area contributed by atoms with Crippen molar-refractivity contribution in [3.8, 4) is 0 Å². The van der Waals surface area contributed by atoms with Gasteiger partial charge < -0.3 is 24.6 Å². The van der Waals surface area contributed by atoms with E-state index in [4.69, 9.17) is 14.6 Å². The zero-order valence-electron chi connectivity index (χ0n) is 13.6. The van der Waals surface area contributed by atoms with Crippen LogP contribution in [0.25, 0.3) is 0 Å². The Labute approximate surface area is 139 Å². The van der Waals surface area contributed by atoms with Gasteiger partial charge in [-0.3, -0.25) is 0 Å². The highest BCUT2D eigenvalue weighted by atomic mass is 16.7. The lowest BCUT2D eigenvalue weighted by molar-refractivity contribution is -0.148. The molecule has 0 saturated carbocycles. The molecule has 24 heavy (non-hydrogen) atoms. The van der Waals surface area contributed by atoms with Crippen LogP contribution in [0.3, 0.4) is 0 Å². The van der Waals surface area contributed by atoms with Crippen LogP contribution in [0.4, 0.5) is 9.59 Å². The maximum atomic E-state index is 11.9. The minimum Gasteiger partial charge on any atom is -0.461 e. The SMILES string of the molecule is CC(C)[C@H](NC(=O)OCc1ccccc1)C(=O)OCCOC(=O)O. The molecule has 0 bridgehead atoms. The molecule has 8 nitrogen and oxygen atoms in total. The van der Waals surface area contributed by atoms with Crippen LogP contribution in [0.2, 0.25) is 0 Å². The standard InChI is InChI=1S/C16H21NO7/c1-11(2)13(14(18)22-8-9-23-16(20)21)17-15(19)24-10-12-6-4-3-5-7-12/h3-7,11,13H,8-10H2,1-2H3,(H,17,19)(H,20,21)/t13-/m0/s1. The number of carbonyl (C=O) groups excluding carboxylic acids is 2. The largest absolute Gasteiger partial charge is 0.505 e. The number of nitrogens with one attached hydrogen (secondary N) is 1. The van der Waals surface area contributed by atoms with Gasteiger partial charge in [-0.05, 0) is 11.5 Å². The van der Waals surface area contributed by atoms with Crippen LogP contribution in [-0.2, 0) is 25.6 Å². The number of rotatable bonds is 8. The quantitative estimate of drug-likeness (QED) is 0.424. The third-order valence-electron chi connectivity index (χ3n) is 2.96. The van der Waals surface area contributed by atoms with Crippen LogP contribution in [0.5, 0.6) is 0 Å². The normalized spacial score (nSPS) is 11.5. The number of benzene rings is 1. The first-order chi connectivity index (χ1) is 11.4. The van der Waals surface area contributed by atoms with Gasteiger partial charge in [0.05, 0.1) is 0 Å². The Bertz CT molecular complexity index is 545. The Morgan fingerprint density at radius 3 is 2.25 bits per heavy atom. The van der Waals surface area contributed by atoms with Crippen molar-refractivity contribution in [3.63, 3.8) is 0 Å². The molecular weight excluding hydrogens is 318 g/mol. The number of amides is 1. The van der Waals surface area contributed by atoms with Gasteiger partial charge in [-0.15, -0.1) is 0 Å². The van der Waals surface area contributed by atoms with Crippen molar-refractivity contribution in [2.45, 2.75) is 26.5 Å². The molecular formula is C16H21NO7. The summed E-state index contributed by atoms with van der Waals surface area (Å²) in [5.41, 5.74) is 0.821. The first-order valence-corrected chi connectivity index (χ1v) is 7.39. The molecule has 1 atom stereocenters. The number of alkyl carbamates (subject to hydrolysis) is 1. The second kappa shape index (κ2) is 10.1. The number of carbonyl (C=O) groups is 3. The van der Waals surface area contributed by atoms with Crippen molar-refractivity contribution in [1.29, 1.82) is 0 Å². The summed E-state index contributed by atoms with van der Waals surface area (Å²) >= 11 is 0. The van der Waals surface area contributed by atoms with E-state index in [2.05, 4.69) is 10.1 Å². The lowest BCUT2D eigenvalue weighted by Gasteiger charge is -2.20. The topological polar surface area (TPSA) is 111 Å². The Balaban J connectivity index is 2.42. The highest BCUT2D eigenvalue weighted by Gasteiger charge is 2.26. The third-order valence-corrected chi connectivity index (χ3v) is 2.96. The van der Waals surface area contributed by atoms with E-state index < -0.39 is 24.3 Å². The third kappa shape index (κ3) is 7.48. The summed E-state index contributed by atoms with van der Waals surface area (Å²) < 4.78 is 14.2. The van der Waals surface area contributed by atoms with Gasteiger partial charge in [0.2, 0.25) is 0 Å². The van der Waals surface area contributed by atoms with Crippen LogP contribution in [0, 0.1) is 5.92 Å². The van der Waals surface area contributed by atoms with Crippen molar-refractivity contribution in [1.82, 2.24) is 5.32 Å². The Hall–Kier alpha value is -2.77. The molecule has 1 aromatic carbocycles. The Morgan fingerprint density at radius 1 is 1.04 bits per heavy atom. The van der Waals surface area contributed by atoms with Crippen LogP contribution in [-0.4, -0.2) is 42.6 Å². The maximum absolute atomic E-state index is 11.9. The molecule has 0 aliphatic carbocycles. The highest BCUT2D eigenvalue weighted by Crippen LogP contribution is 2.06. The van der Waals surface area contributed by atoms with Crippen LogP contribution in [0.1, 0.15) is 19.4 Å². The molecule has 0 fully saturated rings. The fourth-order valence-corrected chi connectivity index (χ4v) is 1.75. The van der Waals surface area contributed by atoms with E-state index in [1.54, 1.807) is 13.8 Å². The molecule has 0 saturated heterocycles. The molecule has 0 unspecified atom stereocenters. The van der Waals surface area contributed by atoms with E-state index in [0.29, 0.717) is 0 Å². The lowest BCUT2D eigenvalue weighted by atomic mass is 10.1. The number of esters is 1. The van der Waals surface area contributed by atoms with Gasteiger partial charge in [-0.25, -0.2) is 14.4 Å². The van der Waals surface area contributed by atoms with Gasteiger partial charge >= 0.3 is 18.2 Å². The van der Waals surface area contributed by atoms with Gasteiger partial charge in [-0.2, -0.15) is 0 Å². The van der Waals surface area contributed by atoms with E-state index in [1.807, 2.05) is 30.3 Å². The maximum Gasteiger partial charge on any atom is 0.505 e. The zero-order chi connectivity index (χ0) is 17.9. The van der Waals surface area contributed by atoms with Gasteiger partial charge in [-0.1, -0.05) is 44.2 Å². The smallest absolute Gasteiger partial charge is 0.461 e. The summed E-state index contributed by atoms with van der Waals surface area (Å²) in [4.78, 5) is 33.9. The van der Waals surface area contributed by atoms with Crippen molar-refractivity contribution >= 4 is 18.2 Å². The van der Waals surface area contributed by atoms with Crippen molar-refractivity contribution < 1.29 is 33.7 Å². The van der Waals surface area contributed by atoms with Crippen molar-refractivity contribution in [2.24, 2.45) is 5.92 Å². The predicted molar refractivity (Wildman–Crippen MR) is 83.3 cm³/mol. The first kappa shape index (κ1) is 19.3. The van der Waals surface area contributed by atoms with Crippen LogP contribution < -0.4 is 5.32 Å². The summed E-state index contributed by atoms with van der Waals surface area (Å²) in [5, 5.41) is 10.8. The Kier molecular flexibility index (Phi) is 8.10. The fourth-order valence-electron chi connectivity index (χ4n) is 1.75. The highest BCUT2D eigenvalue weighted by molar-refractivity contribution is 5.81. The first-order valence-electron chi connectivity index (χ1n) is 7.39. The van der Waals surface area contributed by atoms with E-state index in [-0.39, 0.29) is 25.7 Å². The lowest BCUT2D eigenvalue weighted by Crippen LogP contribution is -2.45. The molecule has 1 rings (SSSR count). The summed E-state index contributed by atoms with van der Waals surface area (Å²) in [6.45, 7) is 3.05. The van der Waals surface area contributed by atoms with Gasteiger partial charge in [0.1, 0.15) is 25.9 Å². The number of hydrogen-bond acceptors (Lipinski definition) is 6. The Morgan fingerprint density at radius 2 is 1.67 bits per heavy atom. The molecule has 0 aliphatic rings. The van der Waals surface area contributed by atoms with E-state index in [1.165, 1.54) is 0 Å². The minimum absolute atomic E-state index is 0.0823. The summed E-state index contributed by atoms with van der Waals surface area (Å²) in [7, 11) is 0. The predicted octanol–water partition coefficient (Wildman–Crippen LogP) is 2.18. The van der Waals surface area contributed by atoms with Crippen LogP contribution >= 0.6 is 0 Å². The van der Waals surface area contributed by atoms with Crippen LogP contribution in [0.15, 0.2) is 30.3 Å². The van der Waals surface area contributed by atoms with E-state index >= 15 is 0 Å². The molecule has 1 aromatic rings. The molecule has 8 heteroatoms. The van der Waals surface area contributed by atoms with E-state index in [0.717, 1.165) is 5.56 Å². The molecule has 0 aliphatic heterocycles. The fraction of sp³-hybridized carbons (Fsp3) is 0.438. The van der Waals surface area contributed by atoms with Gasteiger partial charge in [0.15, 0.2) is 0 Å². The summed E-state index contributed by atoms with van der Waals surface area (Å²) in [5.74, 6) is -0.919. The zero-order valence-corrected chi connectivity index (χ0v) is 13.6. The molecule has 0 aromatic heterocycles. The summed E-state index contributed by atoms with van der Waals surface area (Å²) in [6, 6.07) is 8.21. The second-order valence-electron chi connectivity index (χ2n) is 5.21. The molecule has 0 radical (unpaired) electrons. The minimum atomic E-state index is -1.45. The average molecular weight is 339 g/mol.